The van der Waals surface area contributed by atoms with Gasteiger partial charge >= 0.3 is 5.97 Å². The molecule has 4 heteroatoms. The lowest BCUT2D eigenvalue weighted by molar-refractivity contribution is -0.142. The number of hydrogen-bond donors (Lipinski definition) is 1. The monoisotopic (exact) mass is 241 g/mol. The van der Waals surface area contributed by atoms with Gasteiger partial charge in [0.25, 0.3) is 0 Å². The maximum Gasteiger partial charge on any atom is 0.322 e. The molecule has 0 spiro atoms. The molecule has 3 nitrogen and oxygen atoms in total. The van der Waals surface area contributed by atoms with Gasteiger partial charge in [-0.1, -0.05) is 23.7 Å². The lowest BCUT2D eigenvalue weighted by Gasteiger charge is -2.11. The Labute approximate surface area is 101 Å². The molecule has 0 heterocycles. The van der Waals surface area contributed by atoms with E-state index in [0.717, 1.165) is 21.7 Å². The number of benzene rings is 1. The highest BCUT2D eigenvalue weighted by Crippen LogP contribution is 2.22. The molecule has 0 bridgehead atoms. The molecule has 16 heavy (non-hydrogen) atoms. The second-order valence-corrected chi connectivity index (χ2v) is 4.26. The average Bonchev–Trinajstić information content (AvgIpc) is 2.24. The summed E-state index contributed by atoms with van der Waals surface area (Å²) in [6.45, 7) is 3.87. The van der Waals surface area contributed by atoms with Crippen molar-refractivity contribution in [3.8, 4) is 0 Å². The first-order valence-electron chi connectivity index (χ1n) is 5.04. The molecular weight excluding hydrogens is 226 g/mol. The highest BCUT2D eigenvalue weighted by molar-refractivity contribution is 6.32. The minimum atomic E-state index is -0.620. The summed E-state index contributed by atoms with van der Waals surface area (Å²) in [4.78, 5) is 11.2. The highest BCUT2D eigenvalue weighted by atomic mass is 35.5. The third-order valence-corrected chi connectivity index (χ3v) is 3.05. The van der Waals surface area contributed by atoms with Crippen LogP contribution in [0.3, 0.4) is 0 Å². The number of halogens is 1. The summed E-state index contributed by atoms with van der Waals surface area (Å²) in [5.41, 5.74) is 8.68. The molecule has 1 aromatic rings. The molecule has 0 saturated heterocycles. The number of ether oxygens (including phenoxy) is 1. The molecule has 0 aliphatic rings. The Kier molecular flexibility index (Phi) is 4.33. The Balaban J connectivity index is 2.86. The van der Waals surface area contributed by atoms with Crippen molar-refractivity contribution in [2.24, 2.45) is 5.73 Å². The third kappa shape index (κ3) is 2.97. The Morgan fingerprint density at radius 2 is 1.94 bits per heavy atom. The maximum atomic E-state index is 11.2. The van der Waals surface area contributed by atoms with Gasteiger partial charge in [-0.05, 0) is 37.0 Å². The minimum Gasteiger partial charge on any atom is -0.468 e. The van der Waals surface area contributed by atoms with Gasteiger partial charge in [-0.3, -0.25) is 4.79 Å². The molecule has 0 amide bonds. The molecular formula is C12H16ClNO2. The summed E-state index contributed by atoms with van der Waals surface area (Å²) < 4.78 is 4.58. The van der Waals surface area contributed by atoms with Crippen LogP contribution in [0, 0.1) is 13.8 Å². The number of aryl methyl sites for hydroxylation is 2. The Bertz CT molecular complexity index is 381. The van der Waals surface area contributed by atoms with E-state index in [4.69, 9.17) is 17.3 Å². The van der Waals surface area contributed by atoms with Crippen molar-refractivity contribution in [1.82, 2.24) is 0 Å². The lowest BCUT2D eigenvalue weighted by atomic mass is 10.0. The standard InChI is InChI=1S/C12H16ClNO2/c1-7-4-9(5-8(2)11(7)13)6-10(14)12(15)16-3/h4-5,10H,6,14H2,1-3H3/t10-/m1/s1. The van der Waals surface area contributed by atoms with E-state index in [1.165, 1.54) is 7.11 Å². The predicted octanol–water partition coefficient (Wildman–Crippen LogP) is 2.00. The fraction of sp³-hybridized carbons (Fsp3) is 0.417. The molecule has 0 unspecified atom stereocenters. The summed E-state index contributed by atoms with van der Waals surface area (Å²) >= 11 is 6.05. The van der Waals surface area contributed by atoms with Crippen molar-refractivity contribution in [1.29, 1.82) is 0 Å². The van der Waals surface area contributed by atoms with Crippen molar-refractivity contribution >= 4 is 17.6 Å². The molecule has 1 aromatic carbocycles. The van der Waals surface area contributed by atoms with Crippen LogP contribution in [0.25, 0.3) is 0 Å². The molecule has 0 aromatic heterocycles. The van der Waals surface area contributed by atoms with E-state index in [2.05, 4.69) is 4.74 Å². The first-order chi connectivity index (χ1) is 7.45. The summed E-state index contributed by atoms with van der Waals surface area (Å²) in [5.74, 6) is -0.398. The topological polar surface area (TPSA) is 52.3 Å². The third-order valence-electron chi connectivity index (χ3n) is 2.46. The number of methoxy groups -OCH3 is 1. The van der Waals surface area contributed by atoms with Crippen LogP contribution in [0.1, 0.15) is 16.7 Å². The lowest BCUT2D eigenvalue weighted by Crippen LogP contribution is -2.33. The van der Waals surface area contributed by atoms with Gasteiger partial charge < -0.3 is 10.5 Å². The summed E-state index contributed by atoms with van der Waals surface area (Å²) in [6.07, 6.45) is 0.464. The van der Waals surface area contributed by atoms with Crippen molar-refractivity contribution in [3.05, 3.63) is 33.8 Å². The minimum absolute atomic E-state index is 0.398. The van der Waals surface area contributed by atoms with Crippen LogP contribution < -0.4 is 5.73 Å². The van der Waals surface area contributed by atoms with E-state index in [1.807, 2.05) is 26.0 Å². The van der Waals surface area contributed by atoms with E-state index in [1.54, 1.807) is 0 Å². The van der Waals surface area contributed by atoms with Crippen molar-refractivity contribution in [2.45, 2.75) is 26.3 Å². The fourth-order valence-electron chi connectivity index (χ4n) is 1.64. The number of esters is 1. The molecule has 0 aliphatic carbocycles. The first-order valence-corrected chi connectivity index (χ1v) is 5.42. The quantitative estimate of drug-likeness (QED) is 0.824. The van der Waals surface area contributed by atoms with Crippen LogP contribution in [-0.4, -0.2) is 19.1 Å². The Morgan fingerprint density at radius 1 is 1.44 bits per heavy atom. The number of carbonyl (C=O) groups excluding carboxylic acids is 1. The van der Waals surface area contributed by atoms with Crippen LogP contribution in [0.2, 0.25) is 5.02 Å². The van der Waals surface area contributed by atoms with Crippen LogP contribution in [0.5, 0.6) is 0 Å². The van der Waals surface area contributed by atoms with Crippen molar-refractivity contribution in [2.75, 3.05) is 7.11 Å². The molecule has 0 fully saturated rings. The van der Waals surface area contributed by atoms with E-state index in [-0.39, 0.29) is 0 Å². The Morgan fingerprint density at radius 3 is 2.38 bits per heavy atom. The fourth-order valence-corrected chi connectivity index (χ4v) is 1.75. The number of carbonyl (C=O) groups is 1. The molecule has 1 rings (SSSR count). The smallest absolute Gasteiger partial charge is 0.322 e. The molecule has 2 N–H and O–H groups in total. The van der Waals surface area contributed by atoms with Gasteiger partial charge in [0, 0.05) is 5.02 Å². The molecule has 88 valence electrons. The molecule has 0 aliphatic heterocycles. The second-order valence-electron chi connectivity index (χ2n) is 3.88. The van der Waals surface area contributed by atoms with Crippen LogP contribution in [0.4, 0.5) is 0 Å². The zero-order chi connectivity index (χ0) is 12.3. The summed E-state index contributed by atoms with van der Waals surface area (Å²) in [7, 11) is 1.33. The van der Waals surface area contributed by atoms with Gasteiger partial charge in [0.2, 0.25) is 0 Å². The van der Waals surface area contributed by atoms with Crippen LogP contribution in [-0.2, 0) is 16.0 Å². The zero-order valence-electron chi connectivity index (χ0n) is 9.71. The van der Waals surface area contributed by atoms with E-state index < -0.39 is 12.0 Å². The van der Waals surface area contributed by atoms with Gasteiger partial charge in [-0.25, -0.2) is 0 Å². The zero-order valence-corrected chi connectivity index (χ0v) is 10.5. The normalized spacial score (nSPS) is 12.3. The second kappa shape index (κ2) is 5.32. The number of hydrogen-bond acceptors (Lipinski definition) is 3. The van der Waals surface area contributed by atoms with Gasteiger partial charge in [0.05, 0.1) is 7.11 Å². The van der Waals surface area contributed by atoms with Crippen molar-refractivity contribution in [3.63, 3.8) is 0 Å². The van der Waals surface area contributed by atoms with E-state index in [0.29, 0.717) is 6.42 Å². The average molecular weight is 242 g/mol. The maximum absolute atomic E-state index is 11.2. The van der Waals surface area contributed by atoms with Crippen LogP contribution >= 0.6 is 11.6 Å². The van der Waals surface area contributed by atoms with E-state index in [9.17, 15) is 4.79 Å². The highest BCUT2D eigenvalue weighted by Gasteiger charge is 2.15. The van der Waals surface area contributed by atoms with Gasteiger partial charge in [-0.15, -0.1) is 0 Å². The Hall–Kier alpha value is -1.06. The molecule has 0 saturated carbocycles. The van der Waals surface area contributed by atoms with E-state index >= 15 is 0 Å². The predicted molar refractivity (Wildman–Crippen MR) is 64.6 cm³/mol. The number of rotatable bonds is 3. The van der Waals surface area contributed by atoms with Crippen molar-refractivity contribution < 1.29 is 9.53 Å². The van der Waals surface area contributed by atoms with Crippen LogP contribution in [0.15, 0.2) is 12.1 Å². The molecule has 0 radical (unpaired) electrons. The van der Waals surface area contributed by atoms with Gasteiger partial charge in [-0.2, -0.15) is 0 Å². The SMILES string of the molecule is COC(=O)[C@H](N)Cc1cc(C)c(Cl)c(C)c1. The largest absolute Gasteiger partial charge is 0.468 e. The summed E-state index contributed by atoms with van der Waals surface area (Å²) in [5, 5.41) is 0.760. The summed E-state index contributed by atoms with van der Waals surface area (Å²) in [6, 6.07) is 3.26. The van der Waals surface area contributed by atoms with Gasteiger partial charge in [0.15, 0.2) is 0 Å². The first kappa shape index (κ1) is 13.0. The number of nitrogens with two attached hydrogens (primary N) is 1. The van der Waals surface area contributed by atoms with Gasteiger partial charge in [0.1, 0.15) is 6.04 Å². The molecule has 1 atom stereocenters.